The van der Waals surface area contributed by atoms with E-state index < -0.39 is 0 Å². The van der Waals surface area contributed by atoms with Gasteiger partial charge in [-0.1, -0.05) is 109 Å². The van der Waals surface area contributed by atoms with Gasteiger partial charge in [-0.2, -0.15) is 0 Å². The Bertz CT molecular complexity index is 3010. The third kappa shape index (κ3) is 4.54. The summed E-state index contributed by atoms with van der Waals surface area (Å²) in [4.78, 5) is 5.37. The third-order valence-corrected chi connectivity index (χ3v) is 11.4. The molecule has 0 aliphatic carbocycles. The molecule has 5 nitrogen and oxygen atoms in total. The summed E-state index contributed by atoms with van der Waals surface area (Å²) in [5.74, 6) is 0.838. The maximum Gasteiger partial charge on any atom is 0.143 e. The summed E-state index contributed by atoms with van der Waals surface area (Å²) in [6, 6.07) is 53.1. The number of nitrogens with one attached hydrogen (secondary N) is 2. The smallest absolute Gasteiger partial charge is 0.143 e. The molecule has 242 valence electrons. The average Bonchev–Trinajstić information content (AvgIpc) is 3.89. The van der Waals surface area contributed by atoms with Crippen LogP contribution in [0.15, 0.2) is 165 Å². The van der Waals surface area contributed by atoms with Gasteiger partial charge in [-0.05, 0) is 53.6 Å². The van der Waals surface area contributed by atoms with Gasteiger partial charge in [0.2, 0.25) is 0 Å². The highest BCUT2D eigenvalue weighted by Crippen LogP contribution is 2.41. The van der Waals surface area contributed by atoms with E-state index in [1.165, 1.54) is 25.7 Å². The van der Waals surface area contributed by atoms with Crippen LogP contribution < -0.4 is 10.6 Å². The number of fused-ring (bicyclic) bond motifs is 9. The fourth-order valence-electron chi connectivity index (χ4n) is 7.73. The van der Waals surface area contributed by atoms with Gasteiger partial charge < -0.3 is 14.2 Å². The van der Waals surface area contributed by atoms with Gasteiger partial charge in [0.1, 0.15) is 40.5 Å². The minimum Gasteiger partial charge on any atom is -0.456 e. The van der Waals surface area contributed by atoms with E-state index in [-0.39, 0.29) is 12.3 Å². The lowest BCUT2D eigenvalue weighted by Crippen LogP contribution is -2.44. The molecular weight excluding hydrogens is 647 g/mol. The maximum absolute atomic E-state index is 6.40. The van der Waals surface area contributed by atoms with Crippen LogP contribution in [0.4, 0.5) is 0 Å². The summed E-state index contributed by atoms with van der Waals surface area (Å²) in [6.07, 6.45) is -0.392. The summed E-state index contributed by atoms with van der Waals surface area (Å²) < 4.78 is 15.3. The molecule has 2 N–H and O–H groups in total. The Balaban J connectivity index is 1.06. The lowest BCUT2D eigenvalue weighted by molar-refractivity contribution is 0.411. The van der Waals surface area contributed by atoms with Crippen molar-refractivity contribution in [2.75, 3.05) is 0 Å². The Morgan fingerprint density at radius 3 is 2.10 bits per heavy atom. The number of aliphatic imine (C=N–C) groups is 1. The van der Waals surface area contributed by atoms with E-state index in [1.54, 1.807) is 0 Å². The molecule has 2 unspecified atom stereocenters. The first-order valence-electron chi connectivity index (χ1n) is 17.2. The molecule has 11 rings (SSSR count). The molecule has 0 spiro atoms. The average molecular weight is 676 g/mol. The van der Waals surface area contributed by atoms with Crippen molar-refractivity contribution < 1.29 is 8.83 Å². The van der Waals surface area contributed by atoms with Crippen LogP contribution in [0.5, 0.6) is 0 Å². The Morgan fingerprint density at radius 1 is 0.529 bits per heavy atom. The first kappa shape index (κ1) is 28.6. The minimum absolute atomic E-state index is 0.138. The standard InChI is InChI=1S/C45H29N3O2S/c1-2-10-26(11-3-1)43-46-44(48-45(47-43)34-17-9-16-33-31-13-5-7-19-40(31)51-42(33)34)28-21-23-39-36(25-28)35-24-27(20-22-38(35)49-39)29-14-8-15-32-30-12-4-6-18-37(30)50-41(29)32/h1-25,43,45,47H,(H,46,48). The Morgan fingerprint density at radius 2 is 1.22 bits per heavy atom. The summed E-state index contributed by atoms with van der Waals surface area (Å²) in [7, 11) is 0. The number of benzene rings is 7. The minimum atomic E-state index is -0.254. The van der Waals surface area contributed by atoms with E-state index >= 15 is 0 Å². The van der Waals surface area contributed by atoms with Crippen molar-refractivity contribution in [3.63, 3.8) is 0 Å². The fourth-order valence-corrected chi connectivity index (χ4v) is 8.97. The molecule has 1 aliphatic rings. The van der Waals surface area contributed by atoms with Crippen molar-refractivity contribution in [1.82, 2.24) is 10.6 Å². The molecule has 2 atom stereocenters. The van der Waals surface area contributed by atoms with E-state index in [0.717, 1.165) is 72.0 Å². The predicted octanol–water partition coefficient (Wildman–Crippen LogP) is 11.9. The Kier molecular flexibility index (Phi) is 6.26. The van der Waals surface area contributed by atoms with Gasteiger partial charge in [-0.3, -0.25) is 5.32 Å². The maximum atomic E-state index is 6.40. The van der Waals surface area contributed by atoms with Gasteiger partial charge >= 0.3 is 0 Å². The number of thiophene rings is 1. The highest BCUT2D eigenvalue weighted by atomic mass is 32.1. The molecule has 6 heteroatoms. The zero-order valence-corrected chi connectivity index (χ0v) is 28.1. The molecule has 51 heavy (non-hydrogen) atoms. The van der Waals surface area contributed by atoms with Crippen molar-refractivity contribution >= 4 is 81.2 Å². The lowest BCUT2D eigenvalue weighted by Gasteiger charge is -2.32. The molecule has 10 aromatic rings. The van der Waals surface area contributed by atoms with Crippen molar-refractivity contribution in [2.45, 2.75) is 12.3 Å². The zero-order valence-electron chi connectivity index (χ0n) is 27.3. The van der Waals surface area contributed by atoms with Crippen LogP contribution in [-0.2, 0) is 0 Å². The van der Waals surface area contributed by atoms with E-state index in [1.807, 2.05) is 23.5 Å². The van der Waals surface area contributed by atoms with Crippen molar-refractivity contribution in [2.24, 2.45) is 4.99 Å². The Hall–Kier alpha value is -6.21. The largest absolute Gasteiger partial charge is 0.456 e. The quantitative estimate of drug-likeness (QED) is 0.195. The first-order chi connectivity index (χ1) is 25.2. The van der Waals surface area contributed by atoms with Crippen LogP contribution in [-0.4, -0.2) is 5.84 Å². The second-order valence-electron chi connectivity index (χ2n) is 13.2. The number of nitrogens with zero attached hydrogens (tertiary/aromatic N) is 1. The van der Waals surface area contributed by atoms with Gasteiger partial charge in [-0.15, -0.1) is 11.3 Å². The molecular formula is C45H29N3O2S. The molecule has 7 aromatic carbocycles. The number of hydrogen-bond acceptors (Lipinski definition) is 6. The highest BCUT2D eigenvalue weighted by molar-refractivity contribution is 7.26. The van der Waals surface area contributed by atoms with Crippen molar-refractivity contribution in [3.8, 4) is 11.1 Å². The topological polar surface area (TPSA) is 62.7 Å². The van der Waals surface area contributed by atoms with E-state index in [9.17, 15) is 0 Å². The summed E-state index contributed by atoms with van der Waals surface area (Å²) in [5, 5.41) is 14.4. The SMILES string of the molecule is c1ccc(C2NC(c3ccc4oc5ccc(-c6cccc7c6oc6ccccc67)cc5c4c3)=NC(c3cccc4c3sc3ccccc34)N2)cc1. The second kappa shape index (κ2) is 11.2. The molecule has 0 saturated carbocycles. The zero-order chi connectivity index (χ0) is 33.5. The molecule has 0 bridgehead atoms. The van der Waals surface area contributed by atoms with Crippen molar-refractivity contribution in [1.29, 1.82) is 0 Å². The normalized spacial score (nSPS) is 16.4. The van der Waals surface area contributed by atoms with Crippen LogP contribution in [0, 0.1) is 0 Å². The van der Waals surface area contributed by atoms with Crippen LogP contribution in [0.1, 0.15) is 29.0 Å². The number of hydrogen-bond donors (Lipinski definition) is 2. The number of para-hydroxylation sites is 2. The Labute approximate surface area is 296 Å². The summed E-state index contributed by atoms with van der Waals surface area (Å²) >= 11 is 1.83. The summed E-state index contributed by atoms with van der Waals surface area (Å²) in [6.45, 7) is 0. The predicted molar refractivity (Wildman–Crippen MR) is 210 cm³/mol. The highest BCUT2D eigenvalue weighted by Gasteiger charge is 2.27. The molecule has 4 heterocycles. The molecule has 0 radical (unpaired) electrons. The van der Waals surface area contributed by atoms with Crippen LogP contribution in [0.2, 0.25) is 0 Å². The van der Waals surface area contributed by atoms with Crippen LogP contribution in [0.25, 0.3) is 75.2 Å². The fraction of sp³-hybridized carbons (Fsp3) is 0.0444. The lowest BCUT2D eigenvalue weighted by atomic mass is 9.99. The molecule has 1 aliphatic heterocycles. The first-order valence-corrected chi connectivity index (χ1v) is 18.0. The third-order valence-electron chi connectivity index (χ3n) is 10.2. The molecule has 0 amide bonds. The number of amidine groups is 1. The second-order valence-corrected chi connectivity index (χ2v) is 14.2. The van der Waals surface area contributed by atoms with E-state index in [2.05, 4.69) is 150 Å². The monoisotopic (exact) mass is 675 g/mol. The van der Waals surface area contributed by atoms with Crippen molar-refractivity contribution in [3.05, 3.63) is 168 Å². The molecule has 0 saturated heterocycles. The molecule has 0 fully saturated rings. The van der Waals surface area contributed by atoms with Crippen LogP contribution >= 0.6 is 11.3 Å². The van der Waals surface area contributed by atoms with Gasteiger partial charge in [0.15, 0.2) is 0 Å². The number of furan rings is 2. The van der Waals surface area contributed by atoms with Gasteiger partial charge in [0, 0.05) is 58.4 Å². The van der Waals surface area contributed by atoms with E-state index in [0.29, 0.717) is 0 Å². The van der Waals surface area contributed by atoms with Gasteiger partial charge in [0.05, 0.1) is 0 Å². The van der Waals surface area contributed by atoms with Gasteiger partial charge in [0.25, 0.3) is 0 Å². The van der Waals surface area contributed by atoms with Gasteiger partial charge in [-0.25, -0.2) is 4.99 Å². The number of rotatable bonds is 4. The summed E-state index contributed by atoms with van der Waals surface area (Å²) in [5.41, 5.74) is 8.95. The van der Waals surface area contributed by atoms with Crippen LogP contribution in [0.3, 0.4) is 0 Å². The van der Waals surface area contributed by atoms with E-state index in [4.69, 9.17) is 13.8 Å². The molecule has 3 aromatic heterocycles.